The van der Waals surface area contributed by atoms with E-state index in [0.29, 0.717) is 5.54 Å². The Balaban J connectivity index is 1.60. The van der Waals surface area contributed by atoms with E-state index in [1.165, 1.54) is 38.5 Å². The summed E-state index contributed by atoms with van der Waals surface area (Å²) in [7, 11) is 0. The van der Waals surface area contributed by atoms with Crippen LogP contribution in [0.15, 0.2) is 0 Å². The third kappa shape index (κ3) is 2.96. The molecule has 2 aliphatic carbocycles. The Bertz CT molecular complexity index is 183. The third-order valence-electron chi connectivity index (χ3n) is 3.84. The molecule has 1 atom stereocenters. The average molecular weight is 197 g/mol. The van der Waals surface area contributed by atoms with Gasteiger partial charge in [0.25, 0.3) is 0 Å². The quantitative estimate of drug-likeness (QED) is 0.707. The van der Waals surface area contributed by atoms with Gasteiger partial charge < -0.3 is 10.4 Å². The van der Waals surface area contributed by atoms with E-state index in [0.717, 1.165) is 18.9 Å². The molecular weight excluding hydrogens is 174 g/mol. The molecule has 0 amide bonds. The Morgan fingerprint density at radius 3 is 2.57 bits per heavy atom. The van der Waals surface area contributed by atoms with Crippen LogP contribution in [0.5, 0.6) is 0 Å². The van der Waals surface area contributed by atoms with Crippen molar-refractivity contribution in [1.29, 1.82) is 0 Å². The first kappa shape index (κ1) is 10.4. The van der Waals surface area contributed by atoms with Crippen molar-refractivity contribution in [2.75, 3.05) is 6.54 Å². The fourth-order valence-corrected chi connectivity index (χ4v) is 2.44. The minimum absolute atomic E-state index is 0.115. The normalized spacial score (nSPS) is 27.9. The Labute approximate surface area is 87.1 Å². The van der Waals surface area contributed by atoms with Crippen molar-refractivity contribution < 1.29 is 5.11 Å². The van der Waals surface area contributed by atoms with E-state index in [2.05, 4.69) is 12.2 Å². The third-order valence-corrected chi connectivity index (χ3v) is 3.84. The summed E-state index contributed by atoms with van der Waals surface area (Å²) in [5.41, 5.74) is 0.372. The van der Waals surface area contributed by atoms with Crippen LogP contribution in [0, 0.1) is 5.92 Å². The first-order chi connectivity index (χ1) is 6.68. The minimum Gasteiger partial charge on any atom is -0.392 e. The van der Waals surface area contributed by atoms with Crippen molar-refractivity contribution in [3.63, 3.8) is 0 Å². The lowest BCUT2D eigenvalue weighted by Crippen LogP contribution is -2.35. The zero-order valence-corrected chi connectivity index (χ0v) is 9.26. The molecule has 0 aromatic rings. The van der Waals surface area contributed by atoms with Crippen molar-refractivity contribution in [3.8, 4) is 0 Å². The zero-order chi connectivity index (χ0) is 10.0. The molecular formula is C12H23NO. The van der Waals surface area contributed by atoms with Crippen LogP contribution in [0.3, 0.4) is 0 Å². The molecule has 2 saturated carbocycles. The maximum absolute atomic E-state index is 9.84. The summed E-state index contributed by atoms with van der Waals surface area (Å²) in [6, 6.07) is 0. The smallest absolute Gasteiger partial charge is 0.0667 e. The van der Waals surface area contributed by atoms with Crippen LogP contribution in [-0.2, 0) is 0 Å². The van der Waals surface area contributed by atoms with Gasteiger partial charge in [-0.2, -0.15) is 0 Å². The molecule has 0 radical (unpaired) electrons. The van der Waals surface area contributed by atoms with Gasteiger partial charge in [0.05, 0.1) is 6.10 Å². The molecule has 0 aromatic carbocycles. The largest absolute Gasteiger partial charge is 0.392 e. The second kappa shape index (κ2) is 4.19. The van der Waals surface area contributed by atoms with E-state index < -0.39 is 0 Å². The highest BCUT2D eigenvalue weighted by Crippen LogP contribution is 2.34. The molecule has 2 rings (SSSR count). The van der Waals surface area contributed by atoms with E-state index >= 15 is 0 Å². The average Bonchev–Trinajstić information content (AvgIpc) is 2.67. The first-order valence-corrected chi connectivity index (χ1v) is 6.11. The zero-order valence-electron chi connectivity index (χ0n) is 9.26. The molecule has 2 aliphatic rings. The summed E-state index contributed by atoms with van der Waals surface area (Å²) in [6.07, 6.45) is 8.90. The van der Waals surface area contributed by atoms with Crippen LogP contribution >= 0.6 is 0 Å². The molecule has 0 spiro atoms. The monoisotopic (exact) mass is 197 g/mol. The number of hydrogen-bond acceptors (Lipinski definition) is 2. The molecule has 14 heavy (non-hydrogen) atoms. The van der Waals surface area contributed by atoms with Gasteiger partial charge in [0.15, 0.2) is 0 Å². The Morgan fingerprint density at radius 2 is 2.00 bits per heavy atom. The standard InChI is InChI=1S/C12H23NO/c1-12(6-7-12)13-9-11(14)8-10-4-2-3-5-10/h10-11,13-14H,2-9H2,1H3. The summed E-state index contributed by atoms with van der Waals surface area (Å²) in [4.78, 5) is 0. The van der Waals surface area contributed by atoms with Crippen LogP contribution in [0.1, 0.15) is 51.9 Å². The predicted octanol–water partition coefficient (Wildman–Crippen LogP) is 2.07. The van der Waals surface area contributed by atoms with Gasteiger partial charge in [-0.25, -0.2) is 0 Å². The maximum Gasteiger partial charge on any atom is 0.0667 e. The van der Waals surface area contributed by atoms with Crippen molar-refractivity contribution in [1.82, 2.24) is 5.32 Å². The van der Waals surface area contributed by atoms with E-state index in [-0.39, 0.29) is 6.10 Å². The van der Waals surface area contributed by atoms with Crippen LogP contribution in [-0.4, -0.2) is 23.3 Å². The molecule has 0 heterocycles. The summed E-state index contributed by atoms with van der Waals surface area (Å²) in [6.45, 7) is 3.04. The van der Waals surface area contributed by atoms with Gasteiger partial charge in [-0.05, 0) is 32.1 Å². The summed E-state index contributed by atoms with van der Waals surface area (Å²) >= 11 is 0. The number of β-amino-alcohol motifs (C(OH)–C–C–N with tert-alkyl or cyclic N) is 1. The van der Waals surface area contributed by atoms with E-state index in [9.17, 15) is 5.11 Å². The second-order valence-electron chi connectivity index (χ2n) is 5.48. The van der Waals surface area contributed by atoms with Crippen LogP contribution < -0.4 is 5.32 Å². The summed E-state index contributed by atoms with van der Waals surface area (Å²) in [5.74, 6) is 0.804. The lowest BCUT2D eigenvalue weighted by atomic mass is 10.00. The Morgan fingerprint density at radius 1 is 1.36 bits per heavy atom. The lowest BCUT2D eigenvalue weighted by molar-refractivity contribution is 0.136. The van der Waals surface area contributed by atoms with Gasteiger partial charge in [-0.15, -0.1) is 0 Å². The van der Waals surface area contributed by atoms with Gasteiger partial charge in [0, 0.05) is 12.1 Å². The van der Waals surface area contributed by atoms with Crippen LogP contribution in [0.2, 0.25) is 0 Å². The number of hydrogen-bond donors (Lipinski definition) is 2. The molecule has 0 saturated heterocycles. The number of nitrogens with one attached hydrogen (secondary N) is 1. The maximum atomic E-state index is 9.84. The van der Waals surface area contributed by atoms with Crippen molar-refractivity contribution in [2.45, 2.75) is 63.5 Å². The first-order valence-electron chi connectivity index (χ1n) is 6.11. The van der Waals surface area contributed by atoms with Gasteiger partial charge in [0.1, 0.15) is 0 Å². The predicted molar refractivity (Wildman–Crippen MR) is 58.2 cm³/mol. The Hall–Kier alpha value is -0.0800. The van der Waals surface area contributed by atoms with E-state index in [1.807, 2.05) is 0 Å². The summed E-state index contributed by atoms with van der Waals surface area (Å²) in [5, 5.41) is 13.3. The SMILES string of the molecule is CC1(NCC(O)CC2CCCC2)CC1. The van der Waals surface area contributed by atoms with Crippen LogP contribution in [0.25, 0.3) is 0 Å². The van der Waals surface area contributed by atoms with Crippen molar-refractivity contribution >= 4 is 0 Å². The number of aliphatic hydroxyl groups excluding tert-OH is 1. The highest BCUT2D eigenvalue weighted by atomic mass is 16.3. The molecule has 2 N–H and O–H groups in total. The lowest BCUT2D eigenvalue weighted by Gasteiger charge is -2.18. The van der Waals surface area contributed by atoms with E-state index in [1.54, 1.807) is 0 Å². The molecule has 2 fully saturated rings. The molecule has 0 aromatic heterocycles. The van der Waals surface area contributed by atoms with Gasteiger partial charge in [-0.3, -0.25) is 0 Å². The minimum atomic E-state index is -0.115. The topological polar surface area (TPSA) is 32.3 Å². The van der Waals surface area contributed by atoms with Crippen molar-refractivity contribution in [3.05, 3.63) is 0 Å². The van der Waals surface area contributed by atoms with E-state index in [4.69, 9.17) is 0 Å². The fourth-order valence-electron chi connectivity index (χ4n) is 2.44. The highest BCUT2D eigenvalue weighted by Gasteiger charge is 2.36. The molecule has 2 heteroatoms. The van der Waals surface area contributed by atoms with Gasteiger partial charge in [0.2, 0.25) is 0 Å². The molecule has 1 unspecified atom stereocenters. The Kier molecular flexibility index (Phi) is 3.13. The summed E-state index contributed by atoms with van der Waals surface area (Å²) < 4.78 is 0. The molecule has 0 aliphatic heterocycles. The molecule has 0 bridgehead atoms. The number of rotatable bonds is 5. The second-order valence-corrected chi connectivity index (χ2v) is 5.48. The highest BCUT2D eigenvalue weighted by molar-refractivity contribution is 4.97. The van der Waals surface area contributed by atoms with Gasteiger partial charge >= 0.3 is 0 Å². The fraction of sp³-hybridized carbons (Fsp3) is 1.00. The number of aliphatic hydroxyl groups is 1. The molecule has 82 valence electrons. The van der Waals surface area contributed by atoms with Gasteiger partial charge in [-0.1, -0.05) is 25.7 Å². The van der Waals surface area contributed by atoms with Crippen molar-refractivity contribution in [2.24, 2.45) is 5.92 Å². The van der Waals surface area contributed by atoms with Crippen LogP contribution in [0.4, 0.5) is 0 Å². The molecule has 2 nitrogen and oxygen atoms in total.